The minimum Gasteiger partial charge on any atom is -0.396 e. The highest BCUT2D eigenvalue weighted by molar-refractivity contribution is 14.1. The van der Waals surface area contributed by atoms with Crippen LogP contribution in [0.2, 0.25) is 0 Å². The summed E-state index contributed by atoms with van der Waals surface area (Å²) < 4.78 is 1.38. The molecule has 0 amide bonds. The molecule has 0 fully saturated rings. The topological polar surface area (TPSA) is 20.2 Å². The Balaban J connectivity index is 2.12. The quantitative estimate of drug-likeness (QED) is 0.599. The molecule has 0 aliphatic carbocycles. The SMILES string of the molecule is OCCCCCCCc1ccccc1I. The Morgan fingerprint density at radius 2 is 1.60 bits per heavy atom. The van der Waals surface area contributed by atoms with Crippen molar-refractivity contribution in [2.75, 3.05) is 6.61 Å². The predicted octanol–water partition coefficient (Wildman–Crippen LogP) is 3.78. The standard InChI is InChI=1S/C13H19IO/c14-13-10-6-5-9-12(13)8-4-2-1-3-7-11-15/h5-6,9-10,15H,1-4,7-8,11H2. The number of benzene rings is 1. The van der Waals surface area contributed by atoms with Crippen LogP contribution in [0.3, 0.4) is 0 Å². The monoisotopic (exact) mass is 318 g/mol. The maximum atomic E-state index is 8.64. The molecule has 0 saturated carbocycles. The van der Waals surface area contributed by atoms with Crippen molar-refractivity contribution in [3.8, 4) is 0 Å². The third-order valence-corrected chi connectivity index (χ3v) is 3.61. The molecular formula is C13H19IO. The van der Waals surface area contributed by atoms with Crippen LogP contribution < -0.4 is 0 Å². The Labute approximate surface area is 106 Å². The maximum Gasteiger partial charge on any atom is 0.0431 e. The van der Waals surface area contributed by atoms with Crippen LogP contribution in [-0.4, -0.2) is 11.7 Å². The van der Waals surface area contributed by atoms with E-state index < -0.39 is 0 Å². The van der Waals surface area contributed by atoms with Crippen molar-refractivity contribution in [3.63, 3.8) is 0 Å². The van der Waals surface area contributed by atoms with Crippen molar-refractivity contribution in [1.29, 1.82) is 0 Å². The Hall–Kier alpha value is -0.0900. The van der Waals surface area contributed by atoms with Gasteiger partial charge in [-0.25, -0.2) is 0 Å². The maximum absolute atomic E-state index is 8.64. The second-order valence-corrected chi connectivity index (χ2v) is 4.99. The van der Waals surface area contributed by atoms with Crippen LogP contribution in [0.15, 0.2) is 24.3 Å². The van der Waals surface area contributed by atoms with Crippen molar-refractivity contribution < 1.29 is 5.11 Å². The Kier molecular flexibility index (Phi) is 7.01. The van der Waals surface area contributed by atoms with E-state index in [2.05, 4.69) is 46.9 Å². The molecule has 84 valence electrons. The average molecular weight is 318 g/mol. The minimum atomic E-state index is 0.344. The van der Waals surface area contributed by atoms with Gasteiger partial charge in [0.15, 0.2) is 0 Å². The first-order valence-corrected chi connectivity index (χ1v) is 6.76. The molecule has 0 bridgehead atoms. The lowest BCUT2D eigenvalue weighted by molar-refractivity contribution is 0.282. The van der Waals surface area contributed by atoms with E-state index >= 15 is 0 Å². The van der Waals surface area contributed by atoms with Gasteiger partial charge >= 0.3 is 0 Å². The van der Waals surface area contributed by atoms with Crippen LogP contribution in [0.25, 0.3) is 0 Å². The molecule has 0 saturated heterocycles. The van der Waals surface area contributed by atoms with Gasteiger partial charge in [0.2, 0.25) is 0 Å². The van der Waals surface area contributed by atoms with Crippen molar-refractivity contribution in [1.82, 2.24) is 0 Å². The van der Waals surface area contributed by atoms with E-state index in [-0.39, 0.29) is 0 Å². The third kappa shape index (κ3) is 5.52. The van der Waals surface area contributed by atoms with Gasteiger partial charge in [0.05, 0.1) is 0 Å². The van der Waals surface area contributed by atoms with Gasteiger partial charge in [-0.2, -0.15) is 0 Å². The third-order valence-electron chi connectivity index (χ3n) is 2.56. The van der Waals surface area contributed by atoms with Crippen LogP contribution in [-0.2, 0) is 6.42 Å². The second kappa shape index (κ2) is 8.11. The summed E-state index contributed by atoms with van der Waals surface area (Å²) in [5, 5.41) is 8.64. The van der Waals surface area contributed by atoms with Crippen LogP contribution in [0.1, 0.15) is 37.7 Å². The summed E-state index contributed by atoms with van der Waals surface area (Å²) in [7, 11) is 0. The first kappa shape index (κ1) is 13.0. The summed E-state index contributed by atoms with van der Waals surface area (Å²) in [5.74, 6) is 0. The molecule has 0 aliphatic heterocycles. The van der Waals surface area contributed by atoms with Crippen LogP contribution in [0.5, 0.6) is 0 Å². The lowest BCUT2D eigenvalue weighted by Crippen LogP contribution is -1.90. The van der Waals surface area contributed by atoms with Gasteiger partial charge in [-0.1, -0.05) is 37.5 Å². The lowest BCUT2D eigenvalue weighted by Gasteiger charge is -2.03. The number of aliphatic hydroxyl groups excluding tert-OH is 1. The number of hydrogen-bond donors (Lipinski definition) is 1. The van der Waals surface area contributed by atoms with Gasteiger partial charge in [-0.3, -0.25) is 0 Å². The highest BCUT2D eigenvalue weighted by Crippen LogP contribution is 2.15. The van der Waals surface area contributed by atoms with E-state index in [0.717, 1.165) is 6.42 Å². The van der Waals surface area contributed by atoms with Crippen LogP contribution >= 0.6 is 22.6 Å². The zero-order chi connectivity index (χ0) is 10.9. The van der Waals surface area contributed by atoms with E-state index in [1.54, 1.807) is 0 Å². The Morgan fingerprint density at radius 3 is 2.33 bits per heavy atom. The first-order chi connectivity index (χ1) is 7.34. The highest BCUT2D eigenvalue weighted by atomic mass is 127. The molecule has 1 nitrogen and oxygen atoms in total. The fourth-order valence-electron chi connectivity index (χ4n) is 1.66. The van der Waals surface area contributed by atoms with Gasteiger partial charge in [0, 0.05) is 10.2 Å². The van der Waals surface area contributed by atoms with Gasteiger partial charge in [0.25, 0.3) is 0 Å². The fraction of sp³-hybridized carbons (Fsp3) is 0.538. The molecule has 1 rings (SSSR count). The lowest BCUT2D eigenvalue weighted by atomic mass is 10.1. The molecule has 0 spiro atoms. The molecule has 0 aromatic heterocycles. The van der Waals surface area contributed by atoms with E-state index in [4.69, 9.17) is 5.11 Å². The summed E-state index contributed by atoms with van der Waals surface area (Å²) in [4.78, 5) is 0. The number of aryl methyl sites for hydroxylation is 1. The molecule has 1 aromatic carbocycles. The van der Waals surface area contributed by atoms with Crippen molar-refractivity contribution in [3.05, 3.63) is 33.4 Å². The number of hydrogen-bond acceptors (Lipinski definition) is 1. The van der Waals surface area contributed by atoms with Crippen LogP contribution in [0, 0.1) is 3.57 Å². The minimum absolute atomic E-state index is 0.344. The van der Waals surface area contributed by atoms with E-state index in [1.165, 1.54) is 41.2 Å². The average Bonchev–Trinajstić information content (AvgIpc) is 2.25. The largest absolute Gasteiger partial charge is 0.396 e. The van der Waals surface area contributed by atoms with Crippen molar-refractivity contribution >= 4 is 22.6 Å². The number of aliphatic hydroxyl groups is 1. The Morgan fingerprint density at radius 1 is 0.933 bits per heavy atom. The number of unbranched alkanes of at least 4 members (excludes halogenated alkanes) is 4. The van der Waals surface area contributed by atoms with Gasteiger partial charge < -0.3 is 5.11 Å². The molecule has 0 atom stereocenters. The summed E-state index contributed by atoms with van der Waals surface area (Å²) >= 11 is 2.40. The van der Waals surface area contributed by atoms with Gasteiger partial charge in [0.1, 0.15) is 0 Å². The van der Waals surface area contributed by atoms with E-state index in [1.807, 2.05) is 0 Å². The highest BCUT2D eigenvalue weighted by Gasteiger charge is 1.97. The predicted molar refractivity (Wildman–Crippen MR) is 73.0 cm³/mol. The molecule has 0 radical (unpaired) electrons. The molecular weight excluding hydrogens is 299 g/mol. The smallest absolute Gasteiger partial charge is 0.0431 e. The fourth-order valence-corrected chi connectivity index (χ4v) is 2.32. The summed E-state index contributed by atoms with van der Waals surface area (Å²) in [6.45, 7) is 0.344. The normalized spacial score (nSPS) is 10.5. The first-order valence-electron chi connectivity index (χ1n) is 5.69. The van der Waals surface area contributed by atoms with Gasteiger partial charge in [-0.15, -0.1) is 0 Å². The van der Waals surface area contributed by atoms with E-state index in [9.17, 15) is 0 Å². The molecule has 15 heavy (non-hydrogen) atoms. The van der Waals surface area contributed by atoms with Crippen molar-refractivity contribution in [2.45, 2.75) is 38.5 Å². The summed E-state index contributed by atoms with van der Waals surface area (Å²) in [5.41, 5.74) is 1.47. The summed E-state index contributed by atoms with van der Waals surface area (Å²) in [6, 6.07) is 8.59. The summed E-state index contributed by atoms with van der Waals surface area (Å²) in [6.07, 6.45) is 7.13. The molecule has 1 N–H and O–H groups in total. The molecule has 1 aromatic rings. The van der Waals surface area contributed by atoms with Crippen molar-refractivity contribution in [2.24, 2.45) is 0 Å². The van der Waals surface area contributed by atoms with Crippen LogP contribution in [0.4, 0.5) is 0 Å². The van der Waals surface area contributed by atoms with E-state index in [0.29, 0.717) is 6.61 Å². The molecule has 0 aliphatic rings. The number of halogens is 1. The zero-order valence-electron chi connectivity index (χ0n) is 9.08. The number of rotatable bonds is 7. The molecule has 0 heterocycles. The molecule has 0 unspecified atom stereocenters. The zero-order valence-corrected chi connectivity index (χ0v) is 11.2. The van der Waals surface area contributed by atoms with Gasteiger partial charge in [-0.05, 0) is 53.5 Å². The molecule has 2 heteroatoms. The Bertz CT molecular complexity index is 273. The second-order valence-electron chi connectivity index (χ2n) is 3.83.